The quantitative estimate of drug-likeness (QED) is 0.246. The molecule has 0 amide bonds. The van der Waals surface area contributed by atoms with Crippen molar-refractivity contribution in [2.75, 3.05) is 0 Å². The summed E-state index contributed by atoms with van der Waals surface area (Å²) in [4.78, 5) is 0. The van der Waals surface area contributed by atoms with Gasteiger partial charge in [0.15, 0.2) is 0 Å². The van der Waals surface area contributed by atoms with Gasteiger partial charge >= 0.3 is 6.18 Å². The monoisotopic (exact) mass is 438 g/mol. The molecule has 0 aliphatic heterocycles. The Morgan fingerprint density at radius 3 is 1.97 bits per heavy atom. The Kier molecular flexibility index (Phi) is 8.19. The molecule has 2 aliphatic carbocycles. The van der Waals surface area contributed by atoms with Crippen molar-refractivity contribution in [1.82, 2.24) is 0 Å². The van der Waals surface area contributed by atoms with Crippen molar-refractivity contribution < 1.29 is 22.0 Å². The lowest BCUT2D eigenvalue weighted by Gasteiger charge is -2.37. The summed E-state index contributed by atoms with van der Waals surface area (Å²) in [6.07, 6.45) is 11.1. The van der Waals surface area contributed by atoms with E-state index >= 15 is 0 Å². The van der Waals surface area contributed by atoms with Gasteiger partial charge in [0.1, 0.15) is 11.6 Å². The fraction of sp³-hybridized carbons (Fsp3) is 0.615. The predicted molar refractivity (Wildman–Crippen MR) is 113 cm³/mol. The largest absolute Gasteiger partial charge is 0.458 e. The van der Waals surface area contributed by atoms with Crippen molar-refractivity contribution in [2.24, 2.45) is 17.8 Å². The van der Waals surface area contributed by atoms with Gasteiger partial charge in [-0.15, -0.1) is 0 Å². The predicted octanol–water partition coefficient (Wildman–Crippen LogP) is 8.32. The van der Waals surface area contributed by atoms with E-state index in [-0.39, 0.29) is 5.92 Å². The average Bonchev–Trinajstić information content (AvgIpc) is 2.73. The molecule has 0 nitrogen and oxygen atoms in total. The molecule has 1 aromatic rings. The van der Waals surface area contributed by atoms with E-state index in [0.717, 1.165) is 43.9 Å². The molecule has 0 N–H and O–H groups in total. The van der Waals surface area contributed by atoms with Crippen LogP contribution < -0.4 is 0 Å². The third-order valence-corrected chi connectivity index (χ3v) is 6.98. The fourth-order valence-electron chi connectivity index (χ4n) is 5.27. The average molecular weight is 439 g/mol. The first kappa shape index (κ1) is 23.8. The zero-order chi connectivity index (χ0) is 22.4. The molecule has 0 spiro atoms. The van der Waals surface area contributed by atoms with Crippen LogP contribution in [-0.2, 0) is 0 Å². The number of benzene rings is 1. The highest BCUT2D eigenvalue weighted by Crippen LogP contribution is 2.44. The van der Waals surface area contributed by atoms with Crippen molar-refractivity contribution in [2.45, 2.75) is 83.2 Å². The molecule has 0 radical (unpaired) electrons. The van der Waals surface area contributed by atoms with Gasteiger partial charge in [-0.25, -0.2) is 8.78 Å². The second-order valence-corrected chi connectivity index (χ2v) is 9.11. The second-order valence-electron chi connectivity index (χ2n) is 9.11. The van der Waals surface area contributed by atoms with Crippen LogP contribution in [0.3, 0.4) is 0 Å². The fourth-order valence-corrected chi connectivity index (χ4v) is 5.27. The SMILES string of the molecule is CCC/C=C/C1CCC(C2CCC(c3cc(F)c(C#CC(F)(F)F)c(F)c3)CC2)CC1. The highest BCUT2D eigenvalue weighted by Gasteiger charge is 2.31. The molecule has 0 saturated heterocycles. The molecule has 2 saturated carbocycles. The Bertz CT molecular complexity index is 787. The summed E-state index contributed by atoms with van der Waals surface area (Å²) in [5, 5.41) is 0. The van der Waals surface area contributed by atoms with Crippen LogP contribution in [0.15, 0.2) is 24.3 Å². The van der Waals surface area contributed by atoms with E-state index in [4.69, 9.17) is 0 Å². The Balaban J connectivity index is 1.55. The van der Waals surface area contributed by atoms with E-state index in [0.29, 0.717) is 17.4 Å². The minimum Gasteiger partial charge on any atom is -0.206 e. The van der Waals surface area contributed by atoms with Crippen molar-refractivity contribution >= 4 is 0 Å². The molecule has 5 heteroatoms. The summed E-state index contributed by atoms with van der Waals surface area (Å²) in [7, 11) is 0. The molecule has 0 heterocycles. The van der Waals surface area contributed by atoms with Crippen LogP contribution in [0, 0.1) is 41.2 Å². The number of unbranched alkanes of at least 4 members (excludes halogenated alkanes) is 1. The molecule has 0 unspecified atom stereocenters. The third-order valence-electron chi connectivity index (χ3n) is 6.98. The van der Waals surface area contributed by atoms with Crippen LogP contribution in [0.4, 0.5) is 22.0 Å². The van der Waals surface area contributed by atoms with Gasteiger partial charge in [0.2, 0.25) is 0 Å². The van der Waals surface area contributed by atoms with Gasteiger partial charge in [-0.05, 0) is 99.2 Å². The van der Waals surface area contributed by atoms with Crippen molar-refractivity contribution in [3.05, 3.63) is 47.0 Å². The van der Waals surface area contributed by atoms with E-state index in [9.17, 15) is 22.0 Å². The lowest BCUT2D eigenvalue weighted by molar-refractivity contribution is -0.0696. The summed E-state index contributed by atoms with van der Waals surface area (Å²) >= 11 is 0. The van der Waals surface area contributed by atoms with Crippen LogP contribution in [0.5, 0.6) is 0 Å². The normalized spacial score (nSPS) is 27.2. The van der Waals surface area contributed by atoms with E-state index < -0.39 is 23.4 Å². The van der Waals surface area contributed by atoms with E-state index in [2.05, 4.69) is 19.1 Å². The number of allylic oxidation sites excluding steroid dienone is 2. The van der Waals surface area contributed by atoms with E-state index in [1.54, 1.807) is 5.92 Å². The summed E-state index contributed by atoms with van der Waals surface area (Å²) < 4.78 is 65.2. The molecule has 31 heavy (non-hydrogen) atoms. The Labute approximate surface area is 182 Å². The number of hydrogen-bond donors (Lipinski definition) is 0. The molecule has 2 fully saturated rings. The standard InChI is InChI=1S/C26H31F5/c1-2-3-4-5-18-6-8-19(9-7-18)20-10-12-21(13-11-20)22-16-24(27)23(25(28)17-22)14-15-26(29,30)31/h4-5,16-21H,2-3,6-13H2,1H3/b5-4+. The molecule has 0 atom stereocenters. The van der Waals surface area contributed by atoms with Gasteiger partial charge < -0.3 is 0 Å². The minimum atomic E-state index is -4.78. The zero-order valence-electron chi connectivity index (χ0n) is 18.1. The maximum Gasteiger partial charge on any atom is 0.458 e. The van der Waals surface area contributed by atoms with E-state index in [1.807, 2.05) is 0 Å². The topological polar surface area (TPSA) is 0 Å². The summed E-state index contributed by atoms with van der Waals surface area (Å²) in [5.74, 6) is 2.69. The highest BCUT2D eigenvalue weighted by atomic mass is 19.4. The highest BCUT2D eigenvalue weighted by molar-refractivity contribution is 5.40. The van der Waals surface area contributed by atoms with Gasteiger partial charge in [-0.2, -0.15) is 13.2 Å². The Morgan fingerprint density at radius 1 is 0.903 bits per heavy atom. The Hall–Kier alpha value is -1.83. The van der Waals surface area contributed by atoms with Crippen LogP contribution in [0.2, 0.25) is 0 Å². The first-order valence-corrected chi connectivity index (χ1v) is 11.5. The van der Waals surface area contributed by atoms with Gasteiger partial charge in [-0.3, -0.25) is 0 Å². The smallest absolute Gasteiger partial charge is 0.206 e. The molecular weight excluding hydrogens is 407 g/mol. The third kappa shape index (κ3) is 6.82. The molecule has 3 rings (SSSR count). The molecule has 0 aromatic heterocycles. The Morgan fingerprint density at radius 2 is 1.45 bits per heavy atom. The number of hydrogen-bond acceptors (Lipinski definition) is 0. The minimum absolute atomic E-state index is 0.0539. The van der Waals surface area contributed by atoms with E-state index in [1.165, 1.54) is 44.2 Å². The summed E-state index contributed by atoms with van der Waals surface area (Å²) in [6, 6.07) is 2.34. The van der Waals surface area contributed by atoms with Gasteiger partial charge in [0.25, 0.3) is 0 Å². The number of alkyl halides is 3. The summed E-state index contributed by atoms with van der Waals surface area (Å²) in [5.41, 5.74) is -0.268. The van der Waals surface area contributed by atoms with Gasteiger partial charge in [0.05, 0.1) is 5.56 Å². The summed E-state index contributed by atoms with van der Waals surface area (Å²) in [6.45, 7) is 2.19. The molecular formula is C26H31F5. The molecule has 2 aliphatic rings. The van der Waals surface area contributed by atoms with Gasteiger partial charge in [-0.1, -0.05) is 31.4 Å². The molecule has 170 valence electrons. The van der Waals surface area contributed by atoms with Crippen LogP contribution in [0.25, 0.3) is 0 Å². The second kappa shape index (κ2) is 10.7. The van der Waals surface area contributed by atoms with Crippen LogP contribution >= 0.6 is 0 Å². The van der Waals surface area contributed by atoms with Crippen molar-refractivity contribution in [1.29, 1.82) is 0 Å². The first-order chi connectivity index (χ1) is 14.8. The van der Waals surface area contributed by atoms with Crippen LogP contribution in [0.1, 0.15) is 88.2 Å². The zero-order valence-corrected chi connectivity index (χ0v) is 18.1. The van der Waals surface area contributed by atoms with Crippen molar-refractivity contribution in [3.63, 3.8) is 0 Å². The van der Waals surface area contributed by atoms with Crippen molar-refractivity contribution in [3.8, 4) is 11.8 Å². The lowest BCUT2D eigenvalue weighted by atomic mass is 9.68. The van der Waals surface area contributed by atoms with Crippen LogP contribution in [-0.4, -0.2) is 6.18 Å². The lowest BCUT2D eigenvalue weighted by Crippen LogP contribution is -2.25. The molecule has 1 aromatic carbocycles. The maximum absolute atomic E-state index is 14.2. The molecule has 0 bridgehead atoms. The maximum atomic E-state index is 14.2. The number of rotatable bonds is 5. The first-order valence-electron chi connectivity index (χ1n) is 11.5. The van der Waals surface area contributed by atoms with Gasteiger partial charge in [0, 0.05) is 5.92 Å². The number of halogens is 5.